The van der Waals surface area contributed by atoms with Crippen LogP contribution in [0.2, 0.25) is 0 Å². The summed E-state index contributed by atoms with van der Waals surface area (Å²) >= 11 is 0. The highest BCUT2D eigenvalue weighted by Crippen LogP contribution is 2.29. The predicted octanol–water partition coefficient (Wildman–Crippen LogP) is 1.64. The number of nitrogens with one attached hydrogen (secondary N) is 1. The lowest BCUT2D eigenvalue weighted by atomic mass is 10.0. The van der Waals surface area contributed by atoms with E-state index in [-0.39, 0.29) is 0 Å². The van der Waals surface area contributed by atoms with E-state index in [4.69, 9.17) is 0 Å². The monoisotopic (exact) mass is 127 g/mol. The summed E-state index contributed by atoms with van der Waals surface area (Å²) in [6.07, 6.45) is 2.82. The number of hydrogen-bond donors (Lipinski definition) is 1. The number of hydrogen-bond acceptors (Lipinski definition) is 1. The molecule has 0 amide bonds. The summed E-state index contributed by atoms with van der Waals surface area (Å²) in [5, 5.41) is 3.36. The first kappa shape index (κ1) is 7.07. The van der Waals surface area contributed by atoms with E-state index in [9.17, 15) is 0 Å². The summed E-state index contributed by atoms with van der Waals surface area (Å²) in [5.74, 6) is 1.79. The van der Waals surface area contributed by atoms with Gasteiger partial charge in [-0.3, -0.25) is 0 Å². The standard InChI is InChI=1S/C8H17N/c1-6-4-5-7(2)8(6)9-3/h6-9H,4-5H2,1-3H3. The topological polar surface area (TPSA) is 12.0 Å². The average molecular weight is 127 g/mol. The van der Waals surface area contributed by atoms with Gasteiger partial charge in [0, 0.05) is 6.04 Å². The Bertz CT molecular complexity index is 80.6. The Balaban J connectivity index is 2.44. The molecule has 1 aliphatic carbocycles. The van der Waals surface area contributed by atoms with Crippen molar-refractivity contribution in [2.24, 2.45) is 11.8 Å². The first-order valence-electron chi connectivity index (χ1n) is 3.93. The van der Waals surface area contributed by atoms with Crippen molar-refractivity contribution in [3.05, 3.63) is 0 Å². The van der Waals surface area contributed by atoms with Crippen molar-refractivity contribution in [3.63, 3.8) is 0 Å². The molecule has 0 radical (unpaired) electrons. The van der Waals surface area contributed by atoms with Gasteiger partial charge in [0.2, 0.25) is 0 Å². The van der Waals surface area contributed by atoms with Crippen LogP contribution in [0.3, 0.4) is 0 Å². The molecule has 0 aromatic rings. The van der Waals surface area contributed by atoms with Gasteiger partial charge in [-0.25, -0.2) is 0 Å². The predicted molar refractivity (Wildman–Crippen MR) is 40.4 cm³/mol. The molecule has 1 rings (SSSR count). The van der Waals surface area contributed by atoms with Crippen molar-refractivity contribution in [2.45, 2.75) is 32.7 Å². The normalized spacial score (nSPS) is 43.7. The third-order valence-corrected chi connectivity index (χ3v) is 2.64. The summed E-state index contributed by atoms with van der Waals surface area (Å²) in [6, 6.07) is 0.782. The molecule has 1 fully saturated rings. The summed E-state index contributed by atoms with van der Waals surface area (Å²) in [6.45, 7) is 4.68. The Hall–Kier alpha value is -0.0400. The molecule has 54 valence electrons. The van der Waals surface area contributed by atoms with E-state index in [2.05, 4.69) is 26.2 Å². The Kier molecular flexibility index (Phi) is 2.12. The molecule has 0 spiro atoms. The van der Waals surface area contributed by atoms with Crippen LogP contribution in [0.1, 0.15) is 26.7 Å². The van der Waals surface area contributed by atoms with E-state index in [0.717, 1.165) is 17.9 Å². The maximum absolute atomic E-state index is 3.36. The fourth-order valence-electron chi connectivity index (χ4n) is 2.01. The number of rotatable bonds is 1. The molecule has 0 heterocycles. The highest BCUT2D eigenvalue weighted by molar-refractivity contribution is 4.84. The molecule has 0 aromatic heterocycles. The zero-order valence-electron chi connectivity index (χ0n) is 6.65. The van der Waals surface area contributed by atoms with Gasteiger partial charge in [0.1, 0.15) is 0 Å². The fourth-order valence-corrected chi connectivity index (χ4v) is 2.01. The van der Waals surface area contributed by atoms with Crippen LogP contribution in [0.5, 0.6) is 0 Å². The Labute approximate surface area is 57.8 Å². The van der Waals surface area contributed by atoms with Crippen molar-refractivity contribution in [1.82, 2.24) is 5.32 Å². The third kappa shape index (κ3) is 1.26. The molecule has 0 aliphatic heterocycles. The first-order valence-corrected chi connectivity index (χ1v) is 3.93. The average Bonchev–Trinajstić information content (AvgIpc) is 2.12. The molecular formula is C8H17N. The molecule has 2 unspecified atom stereocenters. The van der Waals surface area contributed by atoms with E-state index >= 15 is 0 Å². The van der Waals surface area contributed by atoms with E-state index in [1.807, 2.05) is 0 Å². The van der Waals surface area contributed by atoms with E-state index < -0.39 is 0 Å². The molecule has 1 aliphatic rings. The van der Waals surface area contributed by atoms with E-state index in [0.29, 0.717) is 0 Å². The maximum atomic E-state index is 3.36. The minimum Gasteiger partial charge on any atom is -0.316 e. The second kappa shape index (κ2) is 2.70. The van der Waals surface area contributed by atoms with Gasteiger partial charge in [0.15, 0.2) is 0 Å². The van der Waals surface area contributed by atoms with Crippen molar-refractivity contribution < 1.29 is 0 Å². The molecule has 0 bridgehead atoms. The van der Waals surface area contributed by atoms with Crippen LogP contribution in [-0.2, 0) is 0 Å². The molecule has 0 saturated heterocycles. The molecule has 1 N–H and O–H groups in total. The summed E-state index contributed by atoms with van der Waals surface area (Å²) in [5.41, 5.74) is 0. The van der Waals surface area contributed by atoms with Crippen molar-refractivity contribution >= 4 is 0 Å². The Morgan fingerprint density at radius 3 is 1.78 bits per heavy atom. The van der Waals surface area contributed by atoms with Crippen LogP contribution in [0, 0.1) is 11.8 Å². The van der Waals surface area contributed by atoms with Crippen molar-refractivity contribution in [1.29, 1.82) is 0 Å². The van der Waals surface area contributed by atoms with E-state index in [1.54, 1.807) is 0 Å². The first-order chi connectivity index (χ1) is 4.25. The van der Waals surface area contributed by atoms with Crippen LogP contribution >= 0.6 is 0 Å². The lowest BCUT2D eigenvalue weighted by Crippen LogP contribution is -2.32. The van der Waals surface area contributed by atoms with Gasteiger partial charge in [-0.1, -0.05) is 13.8 Å². The zero-order chi connectivity index (χ0) is 6.85. The lowest BCUT2D eigenvalue weighted by Gasteiger charge is -2.18. The second-order valence-electron chi connectivity index (χ2n) is 3.35. The minimum atomic E-state index is 0.782. The second-order valence-corrected chi connectivity index (χ2v) is 3.35. The molecule has 0 aromatic carbocycles. The van der Waals surface area contributed by atoms with Gasteiger partial charge in [-0.15, -0.1) is 0 Å². The smallest absolute Gasteiger partial charge is 0.0115 e. The molecule has 1 saturated carbocycles. The lowest BCUT2D eigenvalue weighted by molar-refractivity contribution is 0.392. The molecule has 9 heavy (non-hydrogen) atoms. The molecule has 1 nitrogen and oxygen atoms in total. The zero-order valence-corrected chi connectivity index (χ0v) is 6.65. The van der Waals surface area contributed by atoms with Crippen LogP contribution in [0.15, 0.2) is 0 Å². The molecule has 2 atom stereocenters. The van der Waals surface area contributed by atoms with Crippen LogP contribution < -0.4 is 5.32 Å². The fraction of sp³-hybridized carbons (Fsp3) is 1.00. The van der Waals surface area contributed by atoms with Crippen molar-refractivity contribution in [2.75, 3.05) is 7.05 Å². The molecular weight excluding hydrogens is 110 g/mol. The van der Waals surface area contributed by atoms with Gasteiger partial charge in [-0.05, 0) is 31.7 Å². The van der Waals surface area contributed by atoms with Gasteiger partial charge in [-0.2, -0.15) is 0 Å². The maximum Gasteiger partial charge on any atom is 0.0115 e. The van der Waals surface area contributed by atoms with Gasteiger partial charge < -0.3 is 5.32 Å². The SMILES string of the molecule is CNC1C(C)CCC1C. The largest absolute Gasteiger partial charge is 0.316 e. The van der Waals surface area contributed by atoms with Gasteiger partial charge >= 0.3 is 0 Å². The van der Waals surface area contributed by atoms with Gasteiger partial charge in [0.05, 0.1) is 0 Å². The van der Waals surface area contributed by atoms with Crippen molar-refractivity contribution in [3.8, 4) is 0 Å². The molecule has 1 heteroatoms. The Morgan fingerprint density at radius 1 is 1.11 bits per heavy atom. The Morgan fingerprint density at radius 2 is 1.56 bits per heavy atom. The van der Waals surface area contributed by atoms with E-state index in [1.165, 1.54) is 12.8 Å². The van der Waals surface area contributed by atoms with Crippen LogP contribution in [0.25, 0.3) is 0 Å². The minimum absolute atomic E-state index is 0.782. The van der Waals surface area contributed by atoms with Crippen LogP contribution in [-0.4, -0.2) is 13.1 Å². The highest BCUT2D eigenvalue weighted by Gasteiger charge is 2.28. The summed E-state index contributed by atoms with van der Waals surface area (Å²) in [4.78, 5) is 0. The quantitative estimate of drug-likeness (QED) is 0.564. The summed E-state index contributed by atoms with van der Waals surface area (Å²) in [7, 11) is 2.07. The van der Waals surface area contributed by atoms with Crippen LogP contribution in [0.4, 0.5) is 0 Å². The third-order valence-electron chi connectivity index (χ3n) is 2.64. The summed E-state index contributed by atoms with van der Waals surface area (Å²) < 4.78 is 0. The van der Waals surface area contributed by atoms with Gasteiger partial charge in [0.25, 0.3) is 0 Å². The highest BCUT2D eigenvalue weighted by atomic mass is 14.9.